The lowest BCUT2D eigenvalue weighted by molar-refractivity contribution is -0.136. The predicted molar refractivity (Wildman–Crippen MR) is 81.2 cm³/mol. The van der Waals surface area contributed by atoms with Gasteiger partial charge in [0.1, 0.15) is 0 Å². The van der Waals surface area contributed by atoms with Crippen LogP contribution in [-0.2, 0) is 14.3 Å². The highest BCUT2D eigenvalue weighted by molar-refractivity contribution is 5.97. The summed E-state index contributed by atoms with van der Waals surface area (Å²) in [6, 6.07) is 6.90. The lowest BCUT2D eigenvalue weighted by atomic mass is 10.0. The van der Waals surface area contributed by atoms with E-state index in [1.165, 1.54) is 12.0 Å². The molecule has 0 bridgehead atoms. The first-order valence-corrected chi connectivity index (χ1v) is 6.68. The number of aliphatic carboxylic acids is 1. The monoisotopic (exact) mass is 294 g/mol. The number of anilines is 2. The number of nitrogens with zero attached hydrogens (tertiary/aromatic N) is 1. The first kappa shape index (κ1) is 17.0. The molecule has 0 heterocycles. The van der Waals surface area contributed by atoms with Gasteiger partial charge in [0.15, 0.2) is 0 Å². The number of methoxy groups -OCH3 is 1. The molecule has 3 N–H and O–H groups in total. The number of amides is 1. The van der Waals surface area contributed by atoms with Crippen molar-refractivity contribution in [1.82, 2.24) is 0 Å². The smallest absolute Gasteiger partial charge is 0.305 e. The zero-order valence-electron chi connectivity index (χ0n) is 12.6. The van der Waals surface area contributed by atoms with Crippen LogP contribution in [0, 0.1) is 0 Å². The topological polar surface area (TPSA) is 92.9 Å². The maximum absolute atomic E-state index is 12.5. The predicted octanol–water partition coefficient (Wildman–Crippen LogP) is 1.89. The summed E-state index contributed by atoms with van der Waals surface area (Å²) in [6.07, 6.45) is -0.00899. The Morgan fingerprint density at radius 3 is 2.48 bits per heavy atom. The SMILES string of the molecule is COC(C)(C)CC(=O)N(CCC(=O)O)c1ccccc1N. The van der Waals surface area contributed by atoms with E-state index in [4.69, 9.17) is 15.6 Å². The van der Waals surface area contributed by atoms with Crippen LogP contribution in [0.25, 0.3) is 0 Å². The lowest BCUT2D eigenvalue weighted by Gasteiger charge is -2.28. The molecule has 0 aliphatic carbocycles. The maximum atomic E-state index is 12.5. The molecule has 0 atom stereocenters. The molecule has 1 rings (SSSR count). The Labute approximate surface area is 124 Å². The number of rotatable bonds is 7. The van der Waals surface area contributed by atoms with Crippen molar-refractivity contribution in [2.24, 2.45) is 0 Å². The second-order valence-corrected chi connectivity index (χ2v) is 5.39. The summed E-state index contributed by atoms with van der Waals surface area (Å²) >= 11 is 0. The molecule has 0 aromatic heterocycles. The normalized spacial score (nSPS) is 11.2. The Balaban J connectivity index is 3.00. The van der Waals surface area contributed by atoms with Gasteiger partial charge in [-0.25, -0.2) is 0 Å². The van der Waals surface area contributed by atoms with Crippen molar-refractivity contribution in [3.63, 3.8) is 0 Å². The van der Waals surface area contributed by atoms with Gasteiger partial charge in [-0.1, -0.05) is 12.1 Å². The van der Waals surface area contributed by atoms with E-state index in [9.17, 15) is 9.59 Å². The van der Waals surface area contributed by atoms with Gasteiger partial charge in [0, 0.05) is 13.7 Å². The Morgan fingerprint density at radius 2 is 1.95 bits per heavy atom. The molecule has 0 unspecified atom stereocenters. The Bertz CT molecular complexity index is 514. The summed E-state index contributed by atoms with van der Waals surface area (Å²) in [6.45, 7) is 3.67. The van der Waals surface area contributed by atoms with Crippen LogP contribution in [0.5, 0.6) is 0 Å². The van der Waals surface area contributed by atoms with E-state index in [2.05, 4.69) is 0 Å². The molecule has 0 spiro atoms. The van der Waals surface area contributed by atoms with Crippen LogP contribution in [0.2, 0.25) is 0 Å². The number of hydrogen-bond donors (Lipinski definition) is 2. The van der Waals surface area contributed by atoms with Crippen LogP contribution in [0.4, 0.5) is 11.4 Å². The molecule has 1 aromatic rings. The molecule has 0 aliphatic rings. The summed E-state index contributed by atoms with van der Waals surface area (Å²) in [5.74, 6) is -1.19. The number of ether oxygens (including phenoxy) is 1. The zero-order valence-corrected chi connectivity index (χ0v) is 12.6. The van der Waals surface area contributed by atoms with Crippen LogP contribution < -0.4 is 10.6 Å². The van der Waals surface area contributed by atoms with Gasteiger partial charge in [-0.05, 0) is 26.0 Å². The molecule has 0 saturated heterocycles. The lowest BCUT2D eigenvalue weighted by Crippen LogP contribution is -2.39. The second kappa shape index (κ2) is 7.08. The fraction of sp³-hybridized carbons (Fsp3) is 0.467. The van der Waals surface area contributed by atoms with Crippen molar-refractivity contribution in [3.8, 4) is 0 Å². The summed E-state index contributed by atoms with van der Waals surface area (Å²) < 4.78 is 5.26. The van der Waals surface area contributed by atoms with E-state index < -0.39 is 11.6 Å². The molecule has 0 saturated carbocycles. The van der Waals surface area contributed by atoms with Crippen LogP contribution in [-0.4, -0.2) is 36.2 Å². The number of benzene rings is 1. The largest absolute Gasteiger partial charge is 0.481 e. The third-order valence-corrected chi connectivity index (χ3v) is 3.21. The van der Waals surface area contributed by atoms with Gasteiger partial charge in [0.2, 0.25) is 5.91 Å². The number of nitrogen functional groups attached to an aromatic ring is 1. The first-order valence-electron chi connectivity index (χ1n) is 6.68. The number of para-hydroxylation sites is 2. The van der Waals surface area contributed by atoms with Crippen molar-refractivity contribution >= 4 is 23.3 Å². The van der Waals surface area contributed by atoms with Crippen molar-refractivity contribution in [1.29, 1.82) is 0 Å². The Morgan fingerprint density at radius 1 is 1.33 bits per heavy atom. The minimum absolute atomic E-state index is 0.0716. The quantitative estimate of drug-likeness (QED) is 0.749. The molecule has 0 aliphatic heterocycles. The molecule has 116 valence electrons. The zero-order chi connectivity index (χ0) is 16.0. The molecule has 0 radical (unpaired) electrons. The molecule has 21 heavy (non-hydrogen) atoms. The molecule has 6 nitrogen and oxygen atoms in total. The molecule has 6 heteroatoms. The maximum Gasteiger partial charge on any atom is 0.305 e. The fourth-order valence-electron chi connectivity index (χ4n) is 1.85. The van der Waals surface area contributed by atoms with Crippen LogP contribution in [0.3, 0.4) is 0 Å². The summed E-state index contributed by atoms with van der Waals surface area (Å²) in [5, 5.41) is 8.85. The number of carbonyl (C=O) groups excluding carboxylic acids is 1. The summed E-state index contributed by atoms with van der Waals surface area (Å²) in [7, 11) is 1.53. The fourth-order valence-corrected chi connectivity index (χ4v) is 1.85. The summed E-state index contributed by atoms with van der Waals surface area (Å²) in [5.41, 5.74) is 6.23. The standard InChI is InChI=1S/C15H22N2O4/c1-15(2,21-3)10-13(18)17(9-8-14(19)20)12-7-5-4-6-11(12)16/h4-7H,8-10,16H2,1-3H3,(H,19,20). The molecular formula is C15H22N2O4. The highest BCUT2D eigenvalue weighted by Gasteiger charge is 2.26. The van der Waals surface area contributed by atoms with Gasteiger partial charge in [-0.15, -0.1) is 0 Å². The third kappa shape index (κ3) is 5.07. The van der Waals surface area contributed by atoms with E-state index in [0.29, 0.717) is 11.4 Å². The Kier molecular flexibility index (Phi) is 5.72. The molecule has 1 aromatic carbocycles. The van der Waals surface area contributed by atoms with Crippen molar-refractivity contribution in [2.75, 3.05) is 24.3 Å². The minimum Gasteiger partial charge on any atom is -0.481 e. The van der Waals surface area contributed by atoms with E-state index in [1.54, 1.807) is 38.1 Å². The van der Waals surface area contributed by atoms with Gasteiger partial charge in [0.05, 0.1) is 29.8 Å². The highest BCUT2D eigenvalue weighted by atomic mass is 16.5. The second-order valence-electron chi connectivity index (χ2n) is 5.39. The average molecular weight is 294 g/mol. The Hall–Kier alpha value is -2.08. The van der Waals surface area contributed by atoms with Crippen molar-refractivity contribution in [3.05, 3.63) is 24.3 Å². The van der Waals surface area contributed by atoms with Crippen molar-refractivity contribution < 1.29 is 19.4 Å². The van der Waals surface area contributed by atoms with E-state index in [-0.39, 0.29) is 25.3 Å². The summed E-state index contributed by atoms with van der Waals surface area (Å²) in [4.78, 5) is 24.7. The minimum atomic E-state index is -0.965. The first-order chi connectivity index (χ1) is 9.76. The van der Waals surface area contributed by atoms with Gasteiger partial charge in [0.25, 0.3) is 0 Å². The van der Waals surface area contributed by atoms with E-state index in [0.717, 1.165) is 0 Å². The number of carboxylic acids is 1. The van der Waals surface area contributed by atoms with Crippen LogP contribution in [0.15, 0.2) is 24.3 Å². The number of carboxylic acid groups (broad SMARTS) is 1. The van der Waals surface area contributed by atoms with Gasteiger partial charge >= 0.3 is 5.97 Å². The highest BCUT2D eigenvalue weighted by Crippen LogP contribution is 2.25. The molecule has 0 fully saturated rings. The van der Waals surface area contributed by atoms with E-state index >= 15 is 0 Å². The average Bonchev–Trinajstić information content (AvgIpc) is 2.40. The number of carbonyl (C=O) groups is 2. The van der Waals surface area contributed by atoms with Crippen LogP contribution >= 0.6 is 0 Å². The van der Waals surface area contributed by atoms with Crippen LogP contribution in [0.1, 0.15) is 26.7 Å². The van der Waals surface area contributed by atoms with Gasteiger partial charge in [-0.2, -0.15) is 0 Å². The van der Waals surface area contributed by atoms with E-state index in [1.807, 2.05) is 0 Å². The molecular weight excluding hydrogens is 272 g/mol. The van der Waals surface area contributed by atoms with Gasteiger partial charge in [-0.3, -0.25) is 9.59 Å². The number of hydrogen-bond acceptors (Lipinski definition) is 4. The van der Waals surface area contributed by atoms with Crippen molar-refractivity contribution in [2.45, 2.75) is 32.3 Å². The number of nitrogens with two attached hydrogens (primary N) is 1. The third-order valence-electron chi connectivity index (χ3n) is 3.21. The molecule has 1 amide bonds. The van der Waals surface area contributed by atoms with Gasteiger partial charge < -0.3 is 20.5 Å².